The summed E-state index contributed by atoms with van der Waals surface area (Å²) in [7, 11) is -3.36. The highest BCUT2D eigenvalue weighted by molar-refractivity contribution is 7.89. The van der Waals surface area contributed by atoms with Gasteiger partial charge < -0.3 is 0 Å². The molecule has 126 valence electrons. The number of hydrogen-bond acceptors (Lipinski definition) is 2. The molecule has 0 bridgehead atoms. The summed E-state index contributed by atoms with van der Waals surface area (Å²) in [4.78, 5) is 0.435. The van der Waals surface area contributed by atoms with Crippen molar-refractivity contribution in [3.8, 4) is 0 Å². The van der Waals surface area contributed by atoms with Crippen LogP contribution >= 0.6 is 0 Å². The van der Waals surface area contributed by atoms with Crippen LogP contribution in [0.25, 0.3) is 0 Å². The van der Waals surface area contributed by atoms with Crippen molar-refractivity contribution >= 4 is 10.0 Å². The van der Waals surface area contributed by atoms with E-state index < -0.39 is 10.0 Å². The van der Waals surface area contributed by atoms with Gasteiger partial charge in [0, 0.05) is 13.1 Å². The van der Waals surface area contributed by atoms with Gasteiger partial charge in [-0.15, -0.1) is 0 Å². The average molecular weight is 341 g/mol. The van der Waals surface area contributed by atoms with Crippen molar-refractivity contribution in [2.75, 3.05) is 13.1 Å². The summed E-state index contributed by atoms with van der Waals surface area (Å²) < 4.78 is 27.4. The Morgan fingerprint density at radius 1 is 0.708 bits per heavy atom. The number of benzene rings is 2. The molecule has 1 heterocycles. The van der Waals surface area contributed by atoms with E-state index in [9.17, 15) is 8.42 Å². The maximum Gasteiger partial charge on any atom is 0.243 e. The molecule has 24 heavy (non-hydrogen) atoms. The van der Waals surface area contributed by atoms with Gasteiger partial charge in [-0.25, -0.2) is 8.42 Å². The maximum atomic E-state index is 12.9. The van der Waals surface area contributed by atoms with Crippen LogP contribution in [0.3, 0.4) is 0 Å². The largest absolute Gasteiger partial charge is 0.243 e. The van der Waals surface area contributed by atoms with Gasteiger partial charge in [-0.3, -0.25) is 0 Å². The van der Waals surface area contributed by atoms with E-state index in [1.807, 2.05) is 18.2 Å². The summed E-state index contributed by atoms with van der Waals surface area (Å²) in [5.41, 5.74) is 2.60. The Hall–Kier alpha value is -1.65. The lowest BCUT2D eigenvalue weighted by atomic mass is 9.90. The van der Waals surface area contributed by atoms with Crippen molar-refractivity contribution in [3.63, 3.8) is 0 Å². The predicted octanol–water partition coefficient (Wildman–Crippen LogP) is 4.13. The van der Waals surface area contributed by atoms with Crippen LogP contribution in [-0.4, -0.2) is 25.8 Å². The van der Waals surface area contributed by atoms with Crippen LogP contribution in [0.1, 0.15) is 48.6 Å². The normalized spacial score (nSPS) is 20.2. The number of nitrogens with zero attached hydrogens (tertiary/aromatic N) is 1. The second kappa shape index (κ2) is 6.34. The van der Waals surface area contributed by atoms with Gasteiger partial charge in [0.25, 0.3) is 0 Å². The summed E-state index contributed by atoms with van der Waals surface area (Å²) in [6.07, 6.45) is 4.25. The molecule has 1 aliphatic carbocycles. The third-order valence-corrected chi connectivity index (χ3v) is 7.20. The van der Waals surface area contributed by atoms with E-state index in [4.69, 9.17) is 0 Å². The summed E-state index contributed by atoms with van der Waals surface area (Å²) >= 11 is 0. The van der Waals surface area contributed by atoms with Crippen LogP contribution in [-0.2, 0) is 10.0 Å². The number of piperidine rings is 1. The zero-order valence-corrected chi connectivity index (χ0v) is 14.6. The fourth-order valence-corrected chi connectivity index (χ4v) is 5.10. The first kappa shape index (κ1) is 15.9. The quantitative estimate of drug-likeness (QED) is 0.838. The zero-order valence-electron chi connectivity index (χ0n) is 13.8. The maximum absolute atomic E-state index is 12.9. The van der Waals surface area contributed by atoms with E-state index in [-0.39, 0.29) is 0 Å². The first-order chi connectivity index (χ1) is 11.6. The Morgan fingerprint density at radius 2 is 1.25 bits per heavy atom. The molecule has 4 heteroatoms. The molecule has 0 aromatic heterocycles. The number of hydrogen-bond donors (Lipinski definition) is 0. The van der Waals surface area contributed by atoms with E-state index in [1.54, 1.807) is 16.4 Å². The van der Waals surface area contributed by atoms with Gasteiger partial charge in [0.1, 0.15) is 0 Å². The summed E-state index contributed by atoms with van der Waals surface area (Å²) in [6, 6.07) is 18.0. The molecule has 0 atom stereocenters. The highest BCUT2D eigenvalue weighted by Crippen LogP contribution is 2.40. The molecule has 0 radical (unpaired) electrons. The molecule has 0 amide bonds. The molecule has 0 spiro atoms. The summed E-state index contributed by atoms with van der Waals surface area (Å²) in [6.45, 7) is 1.21. The van der Waals surface area contributed by atoms with Gasteiger partial charge in [0.2, 0.25) is 10.0 Å². The molecular weight excluding hydrogens is 318 g/mol. The average Bonchev–Trinajstić information content (AvgIpc) is 3.48. The smallest absolute Gasteiger partial charge is 0.207 e. The number of rotatable bonds is 4. The molecule has 2 aromatic carbocycles. The first-order valence-corrected chi connectivity index (χ1v) is 10.2. The highest BCUT2D eigenvalue weighted by Gasteiger charge is 2.30. The van der Waals surface area contributed by atoms with Crippen LogP contribution in [0.15, 0.2) is 59.5 Å². The zero-order chi connectivity index (χ0) is 16.6. The molecule has 4 rings (SSSR count). The lowest BCUT2D eigenvalue weighted by Gasteiger charge is -2.31. The van der Waals surface area contributed by atoms with Gasteiger partial charge in [-0.1, -0.05) is 42.5 Å². The Kier molecular flexibility index (Phi) is 4.19. The van der Waals surface area contributed by atoms with Gasteiger partial charge in [-0.05, 0) is 60.8 Å². The minimum absolute atomic E-state index is 0.435. The van der Waals surface area contributed by atoms with E-state index >= 15 is 0 Å². The van der Waals surface area contributed by atoms with Gasteiger partial charge in [0.15, 0.2) is 0 Å². The van der Waals surface area contributed by atoms with Crippen LogP contribution < -0.4 is 0 Å². The van der Waals surface area contributed by atoms with Crippen LogP contribution in [0.5, 0.6) is 0 Å². The lowest BCUT2D eigenvalue weighted by molar-refractivity contribution is 0.319. The minimum atomic E-state index is -3.36. The van der Waals surface area contributed by atoms with Crippen molar-refractivity contribution in [2.45, 2.75) is 42.4 Å². The highest BCUT2D eigenvalue weighted by atomic mass is 32.2. The third kappa shape index (κ3) is 3.13. The third-order valence-electron chi connectivity index (χ3n) is 5.29. The van der Waals surface area contributed by atoms with Gasteiger partial charge >= 0.3 is 0 Å². The lowest BCUT2D eigenvalue weighted by Crippen LogP contribution is -2.37. The predicted molar refractivity (Wildman–Crippen MR) is 95.6 cm³/mol. The second-order valence-electron chi connectivity index (χ2n) is 6.93. The van der Waals surface area contributed by atoms with Gasteiger partial charge in [-0.2, -0.15) is 4.31 Å². The molecule has 0 N–H and O–H groups in total. The van der Waals surface area contributed by atoms with Gasteiger partial charge in [0.05, 0.1) is 4.90 Å². The Labute approximate surface area is 144 Å². The van der Waals surface area contributed by atoms with E-state index in [0.717, 1.165) is 12.8 Å². The van der Waals surface area contributed by atoms with Crippen LogP contribution in [0.4, 0.5) is 0 Å². The first-order valence-electron chi connectivity index (χ1n) is 8.79. The Balaban J connectivity index is 1.45. The van der Waals surface area contributed by atoms with Crippen molar-refractivity contribution < 1.29 is 8.42 Å². The van der Waals surface area contributed by atoms with Crippen LogP contribution in [0.2, 0.25) is 0 Å². The van der Waals surface area contributed by atoms with Crippen LogP contribution in [0, 0.1) is 0 Å². The SMILES string of the molecule is O=S(=O)(c1ccc(C2CC2)cc1)N1CCC(c2ccccc2)CC1. The molecular formula is C20H23NO2S. The molecule has 3 nitrogen and oxygen atoms in total. The van der Waals surface area contributed by atoms with Crippen molar-refractivity contribution in [1.82, 2.24) is 4.31 Å². The monoisotopic (exact) mass is 341 g/mol. The minimum Gasteiger partial charge on any atom is -0.207 e. The van der Waals surface area contributed by atoms with Crippen molar-refractivity contribution in [2.24, 2.45) is 0 Å². The molecule has 1 saturated heterocycles. The number of sulfonamides is 1. The van der Waals surface area contributed by atoms with E-state index in [1.165, 1.54) is 24.0 Å². The topological polar surface area (TPSA) is 37.4 Å². The van der Waals surface area contributed by atoms with E-state index in [0.29, 0.717) is 29.8 Å². The van der Waals surface area contributed by atoms with Crippen molar-refractivity contribution in [1.29, 1.82) is 0 Å². The Morgan fingerprint density at radius 3 is 1.83 bits per heavy atom. The van der Waals surface area contributed by atoms with E-state index in [2.05, 4.69) is 24.3 Å². The molecule has 0 unspecified atom stereocenters. The summed E-state index contributed by atoms with van der Waals surface area (Å²) in [5.74, 6) is 1.12. The molecule has 2 aliphatic rings. The molecule has 2 aromatic rings. The molecule has 1 aliphatic heterocycles. The molecule has 2 fully saturated rings. The van der Waals surface area contributed by atoms with Crippen molar-refractivity contribution in [3.05, 3.63) is 65.7 Å². The Bertz CT molecular complexity index is 787. The molecule has 1 saturated carbocycles. The standard InChI is InChI=1S/C20H23NO2S/c22-24(23,20-10-8-18(9-11-20)17-6-7-17)21-14-12-19(13-15-21)16-4-2-1-3-5-16/h1-5,8-11,17,19H,6-7,12-15H2. The summed E-state index contributed by atoms with van der Waals surface area (Å²) in [5, 5.41) is 0. The fraction of sp³-hybridized carbons (Fsp3) is 0.400. The fourth-order valence-electron chi connectivity index (χ4n) is 3.63. The second-order valence-corrected chi connectivity index (χ2v) is 8.87.